The molecular formula is C17H20N2O7S. The van der Waals surface area contributed by atoms with Crippen molar-refractivity contribution in [1.82, 2.24) is 5.32 Å². The van der Waals surface area contributed by atoms with Crippen molar-refractivity contribution in [2.75, 3.05) is 19.5 Å². The molecule has 2 N–H and O–H groups in total. The van der Waals surface area contributed by atoms with Crippen LogP contribution >= 0.6 is 0 Å². The quantitative estimate of drug-likeness (QED) is 0.418. The van der Waals surface area contributed by atoms with Crippen LogP contribution in [0.3, 0.4) is 0 Å². The molecule has 0 spiro atoms. The highest BCUT2D eigenvalue weighted by Crippen LogP contribution is 2.41. The summed E-state index contributed by atoms with van der Waals surface area (Å²) in [6.45, 7) is 2.50. The molecule has 10 heteroatoms. The Morgan fingerprint density at radius 2 is 2.00 bits per heavy atom. The number of nitro groups is 1. The van der Waals surface area contributed by atoms with Crippen molar-refractivity contribution in [3.05, 3.63) is 61.8 Å². The number of aliphatic hydroxyl groups is 1. The highest BCUT2D eigenvalue weighted by molar-refractivity contribution is 7.94. The van der Waals surface area contributed by atoms with Gasteiger partial charge in [0.25, 0.3) is 5.69 Å². The Kier molecular flexibility index (Phi) is 6.01. The Hall–Kier alpha value is -2.72. The first-order valence-corrected chi connectivity index (χ1v) is 9.88. The fraction of sp³-hybridized carbons (Fsp3) is 0.353. The van der Waals surface area contributed by atoms with Crippen LogP contribution in [0.4, 0.5) is 5.69 Å². The minimum atomic E-state index is -3.76. The molecular weight excluding hydrogens is 376 g/mol. The maximum Gasteiger partial charge on any atom is 0.336 e. The number of nitrogens with one attached hydrogen (secondary N) is 1. The van der Waals surface area contributed by atoms with Gasteiger partial charge >= 0.3 is 5.97 Å². The van der Waals surface area contributed by atoms with Crippen molar-refractivity contribution in [1.29, 1.82) is 0 Å². The van der Waals surface area contributed by atoms with Gasteiger partial charge < -0.3 is 15.2 Å². The zero-order valence-corrected chi connectivity index (χ0v) is 15.9. The Morgan fingerprint density at radius 3 is 2.56 bits per heavy atom. The van der Waals surface area contributed by atoms with Gasteiger partial charge in [-0.25, -0.2) is 13.2 Å². The van der Waals surface area contributed by atoms with Crippen molar-refractivity contribution in [2.24, 2.45) is 0 Å². The summed E-state index contributed by atoms with van der Waals surface area (Å²) in [4.78, 5) is 23.0. The van der Waals surface area contributed by atoms with E-state index in [9.17, 15) is 23.3 Å². The van der Waals surface area contributed by atoms with Crippen LogP contribution in [0.2, 0.25) is 0 Å². The summed E-state index contributed by atoms with van der Waals surface area (Å²) in [5, 5.41) is 22.9. The van der Waals surface area contributed by atoms with Gasteiger partial charge in [0, 0.05) is 29.8 Å². The monoisotopic (exact) mass is 396 g/mol. The van der Waals surface area contributed by atoms with E-state index < -0.39 is 26.6 Å². The van der Waals surface area contributed by atoms with E-state index in [0.717, 1.165) is 6.26 Å². The number of sulfone groups is 1. The number of carbonyl (C=O) groups is 1. The predicted molar refractivity (Wildman–Crippen MR) is 97.3 cm³/mol. The first-order chi connectivity index (χ1) is 12.6. The van der Waals surface area contributed by atoms with Crippen LogP contribution in [0.25, 0.3) is 0 Å². The molecule has 1 aliphatic heterocycles. The van der Waals surface area contributed by atoms with Crippen molar-refractivity contribution >= 4 is 21.5 Å². The van der Waals surface area contributed by atoms with E-state index in [1.807, 2.05) is 0 Å². The van der Waals surface area contributed by atoms with Gasteiger partial charge in [0.1, 0.15) is 6.61 Å². The Bertz CT molecular complexity index is 948. The van der Waals surface area contributed by atoms with E-state index in [1.165, 1.54) is 24.3 Å². The average Bonchev–Trinajstić information content (AvgIpc) is 2.57. The van der Waals surface area contributed by atoms with Gasteiger partial charge in [0.05, 0.1) is 27.9 Å². The van der Waals surface area contributed by atoms with Crippen LogP contribution in [0.15, 0.2) is 46.1 Å². The number of aliphatic hydroxyl groups excluding tert-OH is 1. The third kappa shape index (κ3) is 4.34. The summed E-state index contributed by atoms with van der Waals surface area (Å²) >= 11 is 0. The molecule has 0 bridgehead atoms. The van der Waals surface area contributed by atoms with E-state index in [-0.39, 0.29) is 34.9 Å². The molecule has 0 fully saturated rings. The Balaban J connectivity index is 2.72. The SMILES string of the molecule is CC1=C(C(=O)OCCO)C(c2cccc([N+](=O)[O-])c2)C(S(C)(=O)=O)=C(C)N1. The lowest BCUT2D eigenvalue weighted by molar-refractivity contribution is -0.384. The zero-order chi connectivity index (χ0) is 20.4. The fourth-order valence-electron chi connectivity index (χ4n) is 3.09. The third-order valence-electron chi connectivity index (χ3n) is 4.06. The minimum absolute atomic E-state index is 0.0231. The van der Waals surface area contributed by atoms with E-state index in [4.69, 9.17) is 9.84 Å². The van der Waals surface area contributed by atoms with Gasteiger partial charge in [-0.2, -0.15) is 0 Å². The largest absolute Gasteiger partial charge is 0.460 e. The summed E-state index contributed by atoms with van der Waals surface area (Å²) in [6.07, 6.45) is 1.01. The molecule has 1 aromatic carbocycles. The predicted octanol–water partition coefficient (Wildman–Crippen LogP) is 1.37. The van der Waals surface area contributed by atoms with Gasteiger partial charge in [0.15, 0.2) is 9.84 Å². The number of nitro benzene ring substituents is 1. The molecule has 0 aliphatic carbocycles. The van der Waals surface area contributed by atoms with E-state index in [2.05, 4.69) is 5.32 Å². The molecule has 9 nitrogen and oxygen atoms in total. The number of ether oxygens (including phenoxy) is 1. The Labute approximate surface area is 156 Å². The second-order valence-electron chi connectivity index (χ2n) is 6.07. The van der Waals surface area contributed by atoms with Crippen LogP contribution in [-0.2, 0) is 19.4 Å². The van der Waals surface area contributed by atoms with E-state index in [1.54, 1.807) is 13.8 Å². The second-order valence-corrected chi connectivity index (χ2v) is 8.05. The first kappa shape index (κ1) is 20.6. The van der Waals surface area contributed by atoms with Crippen molar-refractivity contribution < 1.29 is 28.0 Å². The van der Waals surface area contributed by atoms with Gasteiger partial charge in [-0.05, 0) is 19.4 Å². The smallest absolute Gasteiger partial charge is 0.336 e. The first-order valence-electron chi connectivity index (χ1n) is 7.99. The van der Waals surface area contributed by atoms with Crippen LogP contribution in [-0.4, -0.2) is 43.9 Å². The lowest BCUT2D eigenvalue weighted by Crippen LogP contribution is -2.32. The number of rotatable bonds is 6. The molecule has 1 aromatic rings. The topological polar surface area (TPSA) is 136 Å². The summed E-state index contributed by atoms with van der Waals surface area (Å²) in [5.41, 5.74) is 0.776. The zero-order valence-electron chi connectivity index (χ0n) is 15.1. The van der Waals surface area contributed by atoms with Crippen molar-refractivity contribution in [2.45, 2.75) is 19.8 Å². The number of benzene rings is 1. The summed E-state index contributed by atoms with van der Waals surface area (Å²) in [6, 6.07) is 5.47. The summed E-state index contributed by atoms with van der Waals surface area (Å²) in [5.74, 6) is -1.87. The molecule has 1 heterocycles. The average molecular weight is 396 g/mol. The van der Waals surface area contributed by atoms with Crippen LogP contribution in [0.5, 0.6) is 0 Å². The molecule has 0 saturated carbocycles. The number of hydrogen-bond acceptors (Lipinski definition) is 8. The molecule has 0 saturated heterocycles. The molecule has 146 valence electrons. The van der Waals surface area contributed by atoms with Gasteiger partial charge in [-0.1, -0.05) is 12.1 Å². The molecule has 27 heavy (non-hydrogen) atoms. The van der Waals surface area contributed by atoms with Crippen molar-refractivity contribution in [3.63, 3.8) is 0 Å². The van der Waals surface area contributed by atoms with Gasteiger partial charge in [-0.15, -0.1) is 0 Å². The molecule has 1 atom stereocenters. The molecule has 1 unspecified atom stereocenters. The molecule has 0 aromatic heterocycles. The number of carbonyl (C=O) groups excluding carboxylic acids is 1. The Morgan fingerprint density at radius 1 is 1.33 bits per heavy atom. The van der Waals surface area contributed by atoms with Gasteiger partial charge in [-0.3, -0.25) is 10.1 Å². The van der Waals surface area contributed by atoms with E-state index in [0.29, 0.717) is 11.4 Å². The summed E-state index contributed by atoms with van der Waals surface area (Å²) < 4.78 is 29.9. The van der Waals surface area contributed by atoms with Crippen LogP contribution in [0, 0.1) is 10.1 Å². The fourth-order valence-corrected chi connectivity index (χ4v) is 4.38. The lowest BCUT2D eigenvalue weighted by atomic mass is 9.86. The normalized spacial score (nSPS) is 17.6. The minimum Gasteiger partial charge on any atom is -0.460 e. The molecule has 0 radical (unpaired) electrons. The summed E-state index contributed by atoms with van der Waals surface area (Å²) in [7, 11) is -3.76. The highest BCUT2D eigenvalue weighted by Gasteiger charge is 2.38. The van der Waals surface area contributed by atoms with Crippen LogP contribution < -0.4 is 5.32 Å². The number of esters is 1. The maximum atomic E-state index is 12.6. The standard InChI is InChI=1S/C17H20N2O7S/c1-10-14(17(21)26-8-7-20)15(16(11(2)18-10)27(3,24)25)12-5-4-6-13(9-12)19(22)23/h4-6,9,15,18,20H,7-8H2,1-3H3. The lowest BCUT2D eigenvalue weighted by Gasteiger charge is -2.30. The number of hydrogen-bond donors (Lipinski definition) is 2. The van der Waals surface area contributed by atoms with Gasteiger partial charge in [0.2, 0.25) is 0 Å². The number of allylic oxidation sites excluding steroid dienone is 3. The molecule has 0 amide bonds. The third-order valence-corrected chi connectivity index (χ3v) is 5.40. The second kappa shape index (κ2) is 7.89. The highest BCUT2D eigenvalue weighted by atomic mass is 32.2. The maximum absolute atomic E-state index is 12.6. The van der Waals surface area contributed by atoms with Crippen molar-refractivity contribution in [3.8, 4) is 0 Å². The number of non-ortho nitro benzene ring substituents is 1. The van der Waals surface area contributed by atoms with Crippen LogP contribution in [0.1, 0.15) is 25.3 Å². The van der Waals surface area contributed by atoms with E-state index >= 15 is 0 Å². The number of dihydropyridines is 1. The molecule has 1 aliphatic rings. The number of nitrogens with zero attached hydrogens (tertiary/aromatic N) is 1. The molecule has 2 rings (SSSR count).